The van der Waals surface area contributed by atoms with Crippen LogP contribution in [-0.2, 0) is 4.79 Å². The van der Waals surface area contributed by atoms with Gasteiger partial charge in [-0.25, -0.2) is 0 Å². The van der Waals surface area contributed by atoms with Crippen LogP contribution in [0.5, 0.6) is 0 Å². The molecule has 104 valence electrons. The first kappa shape index (κ1) is 14.2. The van der Waals surface area contributed by atoms with E-state index in [0.29, 0.717) is 23.1 Å². The molecule has 2 aliphatic rings. The van der Waals surface area contributed by atoms with Crippen LogP contribution in [0.15, 0.2) is 0 Å². The highest BCUT2D eigenvalue weighted by molar-refractivity contribution is 7.99. The molecular formula is C14H26N2OS. The van der Waals surface area contributed by atoms with Crippen molar-refractivity contribution in [2.24, 2.45) is 5.92 Å². The summed E-state index contributed by atoms with van der Waals surface area (Å²) in [5, 5.41) is 4.11. The summed E-state index contributed by atoms with van der Waals surface area (Å²) in [6.07, 6.45) is 3.95. The molecule has 1 N–H and O–H groups in total. The number of amides is 1. The highest BCUT2D eigenvalue weighted by Gasteiger charge is 2.45. The minimum Gasteiger partial charge on any atom is -0.321 e. The van der Waals surface area contributed by atoms with E-state index in [1.165, 1.54) is 19.3 Å². The van der Waals surface area contributed by atoms with Crippen molar-refractivity contribution in [2.45, 2.75) is 70.5 Å². The molecule has 0 bridgehead atoms. The van der Waals surface area contributed by atoms with Crippen LogP contribution in [0.25, 0.3) is 0 Å². The van der Waals surface area contributed by atoms with Gasteiger partial charge >= 0.3 is 0 Å². The van der Waals surface area contributed by atoms with Gasteiger partial charge in [-0.15, -0.1) is 0 Å². The Kier molecular flexibility index (Phi) is 4.59. The molecule has 2 fully saturated rings. The van der Waals surface area contributed by atoms with E-state index >= 15 is 0 Å². The summed E-state index contributed by atoms with van der Waals surface area (Å²) in [4.78, 5) is 14.6. The standard InChI is InChI=1S/C14H26N2OS/c1-5-18-12-8-6-7-11(12)16-13(9(2)3)15-10(4)14(16)17/h9-13,15H,5-8H2,1-4H3. The predicted octanol–water partition coefficient (Wildman–Crippen LogP) is 2.46. The van der Waals surface area contributed by atoms with Crippen LogP contribution in [0.4, 0.5) is 0 Å². The molecule has 3 nitrogen and oxygen atoms in total. The Morgan fingerprint density at radius 3 is 2.78 bits per heavy atom. The van der Waals surface area contributed by atoms with Gasteiger partial charge in [0.05, 0.1) is 12.2 Å². The first-order chi connectivity index (χ1) is 8.56. The number of thioether (sulfide) groups is 1. The van der Waals surface area contributed by atoms with Crippen molar-refractivity contribution in [3.05, 3.63) is 0 Å². The summed E-state index contributed by atoms with van der Waals surface area (Å²) in [5.41, 5.74) is 0. The minimum absolute atomic E-state index is 0.00900. The number of nitrogens with zero attached hydrogens (tertiary/aromatic N) is 1. The number of nitrogens with one attached hydrogen (secondary N) is 1. The van der Waals surface area contributed by atoms with E-state index in [2.05, 4.69) is 31.0 Å². The van der Waals surface area contributed by atoms with Gasteiger partial charge in [0.1, 0.15) is 0 Å². The molecule has 1 amide bonds. The third kappa shape index (κ3) is 2.55. The number of rotatable bonds is 4. The topological polar surface area (TPSA) is 32.3 Å². The Morgan fingerprint density at radius 2 is 2.17 bits per heavy atom. The average molecular weight is 270 g/mol. The van der Waals surface area contributed by atoms with Gasteiger partial charge in [-0.2, -0.15) is 11.8 Å². The molecule has 1 heterocycles. The zero-order valence-electron chi connectivity index (χ0n) is 12.0. The summed E-state index contributed by atoms with van der Waals surface area (Å²) >= 11 is 2.03. The number of carbonyl (C=O) groups is 1. The third-order valence-corrected chi connectivity index (χ3v) is 5.44. The summed E-state index contributed by atoms with van der Waals surface area (Å²) in [6.45, 7) is 8.61. The van der Waals surface area contributed by atoms with Crippen LogP contribution in [0.1, 0.15) is 47.0 Å². The van der Waals surface area contributed by atoms with E-state index in [9.17, 15) is 4.79 Å². The Morgan fingerprint density at radius 1 is 1.44 bits per heavy atom. The van der Waals surface area contributed by atoms with Crippen LogP contribution >= 0.6 is 11.8 Å². The maximum atomic E-state index is 12.4. The van der Waals surface area contributed by atoms with Crippen molar-refractivity contribution in [1.29, 1.82) is 0 Å². The summed E-state index contributed by atoms with van der Waals surface area (Å²) in [5.74, 6) is 1.94. The highest BCUT2D eigenvalue weighted by atomic mass is 32.2. The lowest BCUT2D eigenvalue weighted by atomic mass is 10.1. The summed E-state index contributed by atoms with van der Waals surface area (Å²) in [7, 11) is 0. The second kappa shape index (κ2) is 5.83. The number of carbonyl (C=O) groups excluding carboxylic acids is 1. The van der Waals surface area contributed by atoms with Crippen molar-refractivity contribution in [3.8, 4) is 0 Å². The molecule has 18 heavy (non-hydrogen) atoms. The Labute approximate surface area is 115 Å². The van der Waals surface area contributed by atoms with Gasteiger partial charge < -0.3 is 4.90 Å². The van der Waals surface area contributed by atoms with E-state index in [1.54, 1.807) is 0 Å². The molecule has 4 heteroatoms. The first-order valence-electron chi connectivity index (χ1n) is 7.26. The van der Waals surface area contributed by atoms with Crippen LogP contribution < -0.4 is 5.32 Å². The van der Waals surface area contributed by atoms with Gasteiger partial charge in [0.25, 0.3) is 0 Å². The van der Waals surface area contributed by atoms with Gasteiger partial charge in [0.15, 0.2) is 0 Å². The lowest BCUT2D eigenvalue weighted by Gasteiger charge is -2.35. The molecule has 2 rings (SSSR count). The smallest absolute Gasteiger partial charge is 0.241 e. The van der Waals surface area contributed by atoms with Crippen LogP contribution in [0.3, 0.4) is 0 Å². The molecule has 0 radical (unpaired) electrons. The van der Waals surface area contributed by atoms with E-state index in [4.69, 9.17) is 0 Å². The average Bonchev–Trinajstić information content (AvgIpc) is 2.86. The monoisotopic (exact) mass is 270 g/mol. The Balaban J connectivity index is 2.15. The fourth-order valence-corrected chi connectivity index (χ4v) is 4.54. The Bertz CT molecular complexity index is 308. The van der Waals surface area contributed by atoms with Gasteiger partial charge in [-0.3, -0.25) is 10.1 Å². The van der Waals surface area contributed by atoms with Gasteiger partial charge in [0.2, 0.25) is 5.91 Å². The molecule has 1 aliphatic carbocycles. The maximum absolute atomic E-state index is 12.4. The SMILES string of the molecule is CCSC1CCCC1N1C(=O)C(C)NC1C(C)C. The van der Waals surface area contributed by atoms with E-state index < -0.39 is 0 Å². The summed E-state index contributed by atoms with van der Waals surface area (Å²) in [6, 6.07) is 0.442. The molecule has 1 saturated heterocycles. The second-order valence-corrected chi connectivity index (χ2v) is 7.33. The highest BCUT2D eigenvalue weighted by Crippen LogP contribution is 2.36. The largest absolute Gasteiger partial charge is 0.321 e. The van der Waals surface area contributed by atoms with E-state index in [-0.39, 0.29) is 12.2 Å². The fourth-order valence-electron chi connectivity index (χ4n) is 3.28. The van der Waals surface area contributed by atoms with Gasteiger partial charge in [-0.05, 0) is 31.4 Å². The molecule has 0 spiro atoms. The van der Waals surface area contributed by atoms with E-state index in [1.807, 2.05) is 18.7 Å². The van der Waals surface area contributed by atoms with Gasteiger partial charge in [0, 0.05) is 11.3 Å². The van der Waals surface area contributed by atoms with Crippen molar-refractivity contribution in [1.82, 2.24) is 10.2 Å². The lowest BCUT2D eigenvalue weighted by molar-refractivity contribution is -0.132. The quantitative estimate of drug-likeness (QED) is 0.852. The van der Waals surface area contributed by atoms with Crippen molar-refractivity contribution < 1.29 is 4.79 Å². The molecule has 0 aromatic heterocycles. The zero-order valence-corrected chi connectivity index (χ0v) is 12.8. The Hall–Kier alpha value is -0.220. The van der Waals surface area contributed by atoms with Crippen molar-refractivity contribution in [3.63, 3.8) is 0 Å². The normalized spacial score (nSPS) is 36.9. The summed E-state index contributed by atoms with van der Waals surface area (Å²) < 4.78 is 0. The molecular weight excluding hydrogens is 244 g/mol. The molecule has 0 aromatic rings. The zero-order chi connectivity index (χ0) is 13.3. The minimum atomic E-state index is -0.00900. The lowest BCUT2D eigenvalue weighted by Crippen LogP contribution is -2.49. The molecule has 0 aromatic carbocycles. The molecule has 1 saturated carbocycles. The molecule has 4 atom stereocenters. The number of hydrogen-bond acceptors (Lipinski definition) is 3. The van der Waals surface area contributed by atoms with Crippen LogP contribution in [-0.4, -0.2) is 40.1 Å². The van der Waals surface area contributed by atoms with E-state index in [0.717, 1.165) is 5.75 Å². The van der Waals surface area contributed by atoms with Crippen molar-refractivity contribution in [2.75, 3.05) is 5.75 Å². The molecule has 1 aliphatic heterocycles. The second-order valence-electron chi connectivity index (χ2n) is 5.81. The fraction of sp³-hybridized carbons (Fsp3) is 0.929. The van der Waals surface area contributed by atoms with Crippen LogP contribution in [0, 0.1) is 5.92 Å². The van der Waals surface area contributed by atoms with Crippen molar-refractivity contribution >= 4 is 17.7 Å². The molecule has 4 unspecified atom stereocenters. The van der Waals surface area contributed by atoms with Crippen LogP contribution in [0.2, 0.25) is 0 Å². The maximum Gasteiger partial charge on any atom is 0.241 e. The predicted molar refractivity (Wildman–Crippen MR) is 77.6 cm³/mol. The first-order valence-corrected chi connectivity index (χ1v) is 8.31. The van der Waals surface area contributed by atoms with Gasteiger partial charge in [-0.1, -0.05) is 27.2 Å². The third-order valence-electron chi connectivity index (χ3n) is 4.13. The number of hydrogen-bond donors (Lipinski definition) is 1.